The lowest BCUT2D eigenvalue weighted by Crippen LogP contribution is -2.53. The van der Waals surface area contributed by atoms with Crippen molar-refractivity contribution in [1.82, 2.24) is 9.88 Å². The van der Waals surface area contributed by atoms with Crippen molar-refractivity contribution >= 4 is 17.5 Å². The van der Waals surface area contributed by atoms with Crippen LogP contribution >= 0.6 is 11.6 Å². The molecule has 30 heavy (non-hydrogen) atoms. The molecule has 2 saturated heterocycles. The maximum atomic E-state index is 13.0. The zero-order valence-corrected chi connectivity index (χ0v) is 17.1. The number of fused-ring (bicyclic) bond motifs is 1. The van der Waals surface area contributed by atoms with Gasteiger partial charge in [-0.05, 0) is 30.3 Å². The van der Waals surface area contributed by atoms with Gasteiger partial charge in [0.2, 0.25) is 0 Å². The molecule has 1 amide bonds. The third kappa shape index (κ3) is 4.12. The Labute approximate surface area is 177 Å². The molecule has 0 radical (unpaired) electrons. The number of rotatable bonds is 5. The number of hydrogen-bond acceptors (Lipinski definition) is 5. The first-order valence-electron chi connectivity index (χ1n) is 9.55. The number of aromatic nitrogens is 1. The summed E-state index contributed by atoms with van der Waals surface area (Å²) >= 11 is 6.14. The average molecular weight is 439 g/mol. The smallest absolute Gasteiger partial charge is 0.278 e. The molecule has 3 heterocycles. The van der Waals surface area contributed by atoms with Crippen LogP contribution in [0.2, 0.25) is 5.02 Å². The Bertz CT molecular complexity index is 925. The number of likely N-dealkylation sites (tertiary alicyclic amines) is 1. The number of halogens is 3. The fourth-order valence-electron chi connectivity index (χ4n) is 3.78. The Hall–Kier alpha value is -2.29. The Balaban J connectivity index is 1.47. The highest BCUT2D eigenvalue weighted by Crippen LogP contribution is 2.42. The van der Waals surface area contributed by atoms with Crippen LogP contribution in [-0.4, -0.2) is 54.3 Å². The molecule has 0 aliphatic carbocycles. The van der Waals surface area contributed by atoms with Crippen LogP contribution in [-0.2, 0) is 15.1 Å². The highest BCUT2D eigenvalue weighted by atomic mass is 35.5. The van der Waals surface area contributed by atoms with Gasteiger partial charge < -0.3 is 19.1 Å². The molecule has 0 saturated carbocycles. The number of ether oxygens (including phenoxy) is 3. The van der Waals surface area contributed by atoms with Crippen LogP contribution in [0.5, 0.6) is 5.75 Å². The van der Waals surface area contributed by atoms with E-state index in [4.69, 9.17) is 25.8 Å². The van der Waals surface area contributed by atoms with E-state index in [-0.39, 0.29) is 29.6 Å². The van der Waals surface area contributed by atoms with Gasteiger partial charge >= 0.3 is 0 Å². The molecule has 9 heteroatoms. The van der Waals surface area contributed by atoms with Crippen LogP contribution in [0, 0.1) is 0 Å². The molecule has 160 valence electrons. The zero-order valence-electron chi connectivity index (χ0n) is 16.3. The van der Waals surface area contributed by atoms with E-state index in [1.165, 1.54) is 18.2 Å². The van der Waals surface area contributed by atoms with Gasteiger partial charge in [-0.2, -0.15) is 0 Å². The lowest BCUT2D eigenvalue weighted by Gasteiger charge is -2.41. The highest BCUT2D eigenvalue weighted by molar-refractivity contribution is 6.32. The van der Waals surface area contributed by atoms with Crippen molar-refractivity contribution in [3.63, 3.8) is 0 Å². The highest BCUT2D eigenvalue weighted by Gasteiger charge is 2.52. The Morgan fingerprint density at radius 1 is 1.40 bits per heavy atom. The first-order chi connectivity index (χ1) is 14.3. The van der Waals surface area contributed by atoms with E-state index < -0.39 is 18.1 Å². The largest absolute Gasteiger partial charge is 0.486 e. The molecule has 0 unspecified atom stereocenters. The second kappa shape index (κ2) is 8.09. The second-order valence-electron chi connectivity index (χ2n) is 7.53. The van der Waals surface area contributed by atoms with Gasteiger partial charge in [-0.3, -0.25) is 9.78 Å². The molecule has 2 aromatic rings. The topological polar surface area (TPSA) is 60.9 Å². The summed E-state index contributed by atoms with van der Waals surface area (Å²) < 4.78 is 42.7. The van der Waals surface area contributed by atoms with Crippen LogP contribution in [0.3, 0.4) is 0 Å². The Kier molecular flexibility index (Phi) is 5.65. The summed E-state index contributed by atoms with van der Waals surface area (Å²) in [5.74, 6) is -3.10. The summed E-state index contributed by atoms with van der Waals surface area (Å²) in [6.07, 6.45) is 1.91. The minimum atomic E-state index is -2.98. The van der Waals surface area contributed by atoms with Gasteiger partial charge in [0, 0.05) is 31.6 Å². The summed E-state index contributed by atoms with van der Waals surface area (Å²) in [6.45, 7) is 0.902. The minimum absolute atomic E-state index is 0.102. The lowest BCUT2D eigenvalue weighted by atomic mass is 9.85. The minimum Gasteiger partial charge on any atom is -0.486 e. The van der Waals surface area contributed by atoms with Crippen LogP contribution in [0.1, 0.15) is 29.4 Å². The van der Waals surface area contributed by atoms with Gasteiger partial charge in [0.05, 0.1) is 17.3 Å². The van der Waals surface area contributed by atoms with Gasteiger partial charge in [-0.25, -0.2) is 8.78 Å². The number of nitrogens with zero attached hydrogens (tertiary/aromatic N) is 2. The maximum absolute atomic E-state index is 13.0. The van der Waals surface area contributed by atoms with Gasteiger partial charge in [0.15, 0.2) is 6.61 Å². The number of carbonyl (C=O) groups is 1. The summed E-state index contributed by atoms with van der Waals surface area (Å²) in [6, 6.07) is 10.0. The number of benzene rings is 1. The second-order valence-corrected chi connectivity index (χ2v) is 7.93. The van der Waals surface area contributed by atoms with E-state index >= 15 is 0 Å². The molecule has 2 atom stereocenters. The fourth-order valence-corrected chi connectivity index (χ4v) is 4.01. The van der Waals surface area contributed by atoms with Crippen molar-refractivity contribution < 1.29 is 27.8 Å². The number of pyridine rings is 1. The average Bonchev–Trinajstić information content (AvgIpc) is 3.16. The zero-order chi connectivity index (χ0) is 21.4. The Morgan fingerprint density at radius 2 is 2.23 bits per heavy atom. The van der Waals surface area contributed by atoms with Gasteiger partial charge in [0.1, 0.15) is 24.2 Å². The fraction of sp³-hybridized carbons (Fsp3) is 0.429. The molecule has 0 spiro atoms. The Morgan fingerprint density at radius 3 is 2.93 bits per heavy atom. The molecule has 0 N–H and O–H groups in total. The van der Waals surface area contributed by atoms with E-state index in [0.29, 0.717) is 25.1 Å². The van der Waals surface area contributed by atoms with Crippen molar-refractivity contribution in [2.75, 3.05) is 26.5 Å². The first kappa shape index (κ1) is 21.0. The summed E-state index contributed by atoms with van der Waals surface area (Å²) in [7, 11) is 0. The van der Waals surface area contributed by atoms with Crippen LogP contribution < -0.4 is 4.74 Å². The molecule has 6 nitrogen and oxygen atoms in total. The summed E-state index contributed by atoms with van der Waals surface area (Å²) in [5.41, 5.74) is 0.468. The molecule has 0 bridgehead atoms. The van der Waals surface area contributed by atoms with Crippen molar-refractivity contribution in [2.45, 2.75) is 31.0 Å². The van der Waals surface area contributed by atoms with Crippen molar-refractivity contribution in [1.29, 1.82) is 0 Å². The quantitative estimate of drug-likeness (QED) is 0.709. The molecule has 2 aliphatic rings. The molecule has 2 fully saturated rings. The van der Waals surface area contributed by atoms with Crippen LogP contribution in [0.15, 0.2) is 42.6 Å². The molecule has 2 aliphatic heterocycles. The standard InChI is InChI=1S/C21H21ClF2N2O4/c1-20(23,24)12-28-16-6-5-14(10-15(16)22)19(27)26-9-7-21(17-4-2-3-8-25-17)18(11-26)29-13-30-21/h2-6,8,10,18H,7,9,11-13H2,1H3/t18-,21-/m1/s1. The number of carbonyl (C=O) groups excluding carboxylic acids is 1. The van der Waals surface area contributed by atoms with Gasteiger partial charge in [-0.15, -0.1) is 0 Å². The number of amides is 1. The molecule has 1 aromatic carbocycles. The van der Waals surface area contributed by atoms with Crippen molar-refractivity contribution in [2.24, 2.45) is 0 Å². The summed E-state index contributed by atoms with van der Waals surface area (Å²) in [4.78, 5) is 19.1. The third-order valence-corrected chi connectivity index (χ3v) is 5.59. The van der Waals surface area contributed by atoms with E-state index in [2.05, 4.69) is 4.98 Å². The van der Waals surface area contributed by atoms with Crippen LogP contribution in [0.25, 0.3) is 0 Å². The summed E-state index contributed by atoms with van der Waals surface area (Å²) in [5, 5.41) is 0.102. The molecular formula is C21H21ClF2N2O4. The molecule has 1 aromatic heterocycles. The SMILES string of the molecule is CC(F)(F)COc1ccc(C(=O)N2CC[C@]3(c4ccccn4)OCO[C@@H]3C2)cc1Cl. The van der Waals surface area contributed by atoms with E-state index in [1.807, 2.05) is 18.2 Å². The first-order valence-corrected chi connectivity index (χ1v) is 9.93. The number of hydrogen-bond donors (Lipinski definition) is 0. The normalized spacial score (nSPS) is 23.9. The van der Waals surface area contributed by atoms with Crippen LogP contribution in [0.4, 0.5) is 8.78 Å². The molecular weight excluding hydrogens is 418 g/mol. The predicted octanol–water partition coefficient (Wildman–Crippen LogP) is 3.88. The lowest BCUT2D eigenvalue weighted by molar-refractivity contribution is -0.0470. The van der Waals surface area contributed by atoms with Gasteiger partial charge in [0.25, 0.3) is 11.8 Å². The third-order valence-electron chi connectivity index (χ3n) is 5.29. The predicted molar refractivity (Wildman–Crippen MR) is 105 cm³/mol. The van der Waals surface area contributed by atoms with Crippen molar-refractivity contribution in [3.05, 3.63) is 58.9 Å². The van der Waals surface area contributed by atoms with Gasteiger partial charge in [-0.1, -0.05) is 17.7 Å². The monoisotopic (exact) mass is 438 g/mol. The maximum Gasteiger partial charge on any atom is 0.278 e. The van der Waals surface area contributed by atoms with E-state index in [0.717, 1.165) is 12.6 Å². The number of piperidine rings is 1. The molecule has 4 rings (SSSR count). The van der Waals surface area contributed by atoms with E-state index in [9.17, 15) is 13.6 Å². The number of alkyl halides is 2. The van der Waals surface area contributed by atoms with E-state index in [1.54, 1.807) is 11.1 Å². The van der Waals surface area contributed by atoms with Crippen molar-refractivity contribution in [3.8, 4) is 5.75 Å².